The SMILES string of the molecule is CC(C)(O)CSc1ccc(C(=O)Nc2cccc(N3CCOCC3)n2)c(N2CCC3(CC2)CC3)c1. The van der Waals surface area contributed by atoms with Crippen molar-refractivity contribution in [1.29, 1.82) is 0 Å². The van der Waals surface area contributed by atoms with E-state index in [1.165, 1.54) is 25.7 Å². The molecule has 1 amide bonds. The number of anilines is 3. The first-order valence-corrected chi connectivity index (χ1v) is 13.6. The van der Waals surface area contributed by atoms with Gasteiger partial charge in [0, 0.05) is 36.8 Å². The van der Waals surface area contributed by atoms with Crippen LogP contribution in [0.1, 0.15) is 49.9 Å². The number of nitrogens with one attached hydrogen (secondary N) is 1. The zero-order valence-corrected chi connectivity index (χ0v) is 21.6. The van der Waals surface area contributed by atoms with Crippen LogP contribution in [0.3, 0.4) is 0 Å². The summed E-state index contributed by atoms with van der Waals surface area (Å²) in [6, 6.07) is 11.8. The van der Waals surface area contributed by atoms with E-state index in [0.29, 0.717) is 35.8 Å². The molecule has 1 spiro atoms. The fourth-order valence-electron chi connectivity index (χ4n) is 4.86. The molecule has 5 rings (SSSR count). The van der Waals surface area contributed by atoms with Gasteiger partial charge >= 0.3 is 0 Å². The molecule has 3 fully saturated rings. The molecule has 188 valence electrons. The molecule has 3 heterocycles. The fourth-order valence-corrected chi connectivity index (χ4v) is 5.74. The number of aromatic nitrogens is 1. The summed E-state index contributed by atoms with van der Waals surface area (Å²) < 4.78 is 5.45. The maximum absolute atomic E-state index is 13.5. The lowest BCUT2D eigenvalue weighted by molar-refractivity contribution is 0.102. The maximum Gasteiger partial charge on any atom is 0.258 e. The Morgan fingerprint density at radius 1 is 1.09 bits per heavy atom. The van der Waals surface area contributed by atoms with E-state index in [1.807, 2.05) is 44.2 Å². The number of rotatable bonds is 7. The Bertz CT molecular complexity index is 1050. The summed E-state index contributed by atoms with van der Waals surface area (Å²) in [5.74, 6) is 1.87. The van der Waals surface area contributed by atoms with Crippen molar-refractivity contribution in [2.75, 3.05) is 60.3 Å². The number of hydrogen-bond donors (Lipinski definition) is 2. The molecule has 8 heteroatoms. The van der Waals surface area contributed by atoms with Crippen LogP contribution in [-0.4, -0.2) is 66.7 Å². The lowest BCUT2D eigenvalue weighted by Crippen LogP contribution is -2.37. The van der Waals surface area contributed by atoms with E-state index in [4.69, 9.17) is 9.72 Å². The molecule has 2 saturated heterocycles. The molecule has 0 atom stereocenters. The van der Waals surface area contributed by atoms with Gasteiger partial charge in [-0.25, -0.2) is 4.98 Å². The summed E-state index contributed by atoms with van der Waals surface area (Å²) in [4.78, 5) is 23.8. The van der Waals surface area contributed by atoms with E-state index in [2.05, 4.69) is 21.2 Å². The number of nitrogens with zero attached hydrogens (tertiary/aromatic N) is 3. The minimum atomic E-state index is -0.748. The average Bonchev–Trinajstić information content (AvgIpc) is 3.62. The van der Waals surface area contributed by atoms with Crippen LogP contribution < -0.4 is 15.1 Å². The third kappa shape index (κ3) is 6.11. The van der Waals surface area contributed by atoms with Gasteiger partial charge in [0.25, 0.3) is 5.91 Å². The van der Waals surface area contributed by atoms with Crippen molar-refractivity contribution < 1.29 is 14.6 Å². The number of amides is 1. The smallest absolute Gasteiger partial charge is 0.258 e. The van der Waals surface area contributed by atoms with Gasteiger partial charge in [-0.2, -0.15) is 0 Å². The number of pyridine rings is 1. The summed E-state index contributed by atoms with van der Waals surface area (Å²) in [6.07, 6.45) is 5.08. The second-order valence-corrected chi connectivity index (χ2v) is 11.8. The van der Waals surface area contributed by atoms with E-state index >= 15 is 0 Å². The van der Waals surface area contributed by atoms with Crippen LogP contribution >= 0.6 is 11.8 Å². The minimum Gasteiger partial charge on any atom is -0.390 e. The van der Waals surface area contributed by atoms with Crippen molar-refractivity contribution >= 4 is 35.0 Å². The third-order valence-corrected chi connectivity index (χ3v) is 8.68. The van der Waals surface area contributed by atoms with Gasteiger partial charge in [-0.1, -0.05) is 6.07 Å². The molecule has 1 saturated carbocycles. The van der Waals surface area contributed by atoms with Gasteiger partial charge in [-0.15, -0.1) is 11.8 Å². The molecule has 0 unspecified atom stereocenters. The summed E-state index contributed by atoms with van der Waals surface area (Å²) >= 11 is 1.62. The van der Waals surface area contributed by atoms with Crippen LogP contribution in [0.4, 0.5) is 17.3 Å². The van der Waals surface area contributed by atoms with E-state index in [9.17, 15) is 9.90 Å². The number of aliphatic hydroxyl groups is 1. The van der Waals surface area contributed by atoms with Crippen molar-refractivity contribution in [2.45, 2.75) is 50.0 Å². The molecule has 35 heavy (non-hydrogen) atoms. The number of ether oxygens (including phenoxy) is 1. The molecule has 3 aliphatic rings. The van der Waals surface area contributed by atoms with Gasteiger partial charge in [-0.3, -0.25) is 4.79 Å². The van der Waals surface area contributed by atoms with Crippen molar-refractivity contribution in [1.82, 2.24) is 4.98 Å². The highest BCUT2D eigenvalue weighted by Gasteiger charge is 2.44. The Morgan fingerprint density at radius 2 is 1.83 bits per heavy atom. The van der Waals surface area contributed by atoms with Crippen LogP contribution in [0.15, 0.2) is 41.3 Å². The predicted molar refractivity (Wildman–Crippen MR) is 142 cm³/mol. The van der Waals surface area contributed by atoms with E-state index < -0.39 is 5.60 Å². The van der Waals surface area contributed by atoms with Crippen LogP contribution in [0.25, 0.3) is 0 Å². The molecule has 2 N–H and O–H groups in total. The van der Waals surface area contributed by atoms with Crippen molar-refractivity contribution in [3.05, 3.63) is 42.0 Å². The molecular formula is C27H36N4O3S. The number of hydrogen-bond acceptors (Lipinski definition) is 7. The van der Waals surface area contributed by atoms with Crippen LogP contribution in [0.5, 0.6) is 0 Å². The van der Waals surface area contributed by atoms with Gasteiger partial charge in [0.2, 0.25) is 0 Å². The second-order valence-electron chi connectivity index (χ2n) is 10.7. The zero-order valence-electron chi connectivity index (χ0n) is 20.8. The van der Waals surface area contributed by atoms with Gasteiger partial charge in [-0.05, 0) is 75.3 Å². The molecule has 0 bridgehead atoms. The summed E-state index contributed by atoms with van der Waals surface area (Å²) in [5, 5.41) is 13.2. The number of thioether (sulfide) groups is 1. The van der Waals surface area contributed by atoms with Gasteiger partial charge in [0.1, 0.15) is 11.6 Å². The first-order valence-electron chi connectivity index (χ1n) is 12.7. The number of morpholine rings is 1. The molecule has 1 aromatic heterocycles. The summed E-state index contributed by atoms with van der Waals surface area (Å²) in [6.45, 7) is 8.58. The number of carbonyl (C=O) groups excluding carboxylic acids is 1. The van der Waals surface area contributed by atoms with Gasteiger partial charge < -0.3 is 25.0 Å². The molecule has 2 aliphatic heterocycles. The fraction of sp³-hybridized carbons (Fsp3) is 0.556. The molecule has 1 aliphatic carbocycles. The molecule has 7 nitrogen and oxygen atoms in total. The molecule has 1 aromatic carbocycles. The lowest BCUT2D eigenvalue weighted by atomic mass is 9.93. The average molecular weight is 497 g/mol. The first-order chi connectivity index (χ1) is 16.8. The number of piperidine rings is 1. The van der Waals surface area contributed by atoms with Crippen LogP contribution in [0, 0.1) is 5.41 Å². The van der Waals surface area contributed by atoms with Crippen molar-refractivity contribution in [3.63, 3.8) is 0 Å². The number of benzene rings is 1. The van der Waals surface area contributed by atoms with E-state index in [-0.39, 0.29) is 5.91 Å². The zero-order chi connectivity index (χ0) is 24.5. The van der Waals surface area contributed by atoms with Crippen molar-refractivity contribution in [2.24, 2.45) is 5.41 Å². The first kappa shape index (κ1) is 24.4. The Labute approximate surface area is 212 Å². The Hall–Kier alpha value is -2.29. The van der Waals surface area contributed by atoms with Crippen LogP contribution in [-0.2, 0) is 4.74 Å². The normalized spacial score (nSPS) is 19.6. The molecule has 0 radical (unpaired) electrons. The van der Waals surface area contributed by atoms with Crippen molar-refractivity contribution in [3.8, 4) is 0 Å². The van der Waals surface area contributed by atoms with Gasteiger partial charge in [0.05, 0.1) is 30.1 Å². The van der Waals surface area contributed by atoms with E-state index in [0.717, 1.165) is 42.6 Å². The summed E-state index contributed by atoms with van der Waals surface area (Å²) in [7, 11) is 0. The summed E-state index contributed by atoms with van der Waals surface area (Å²) in [5.41, 5.74) is 1.46. The minimum absolute atomic E-state index is 0.141. The predicted octanol–water partition coefficient (Wildman–Crippen LogP) is 4.41. The second kappa shape index (κ2) is 9.99. The Kier molecular flexibility index (Phi) is 6.97. The maximum atomic E-state index is 13.5. The standard InChI is InChI=1S/C27H36N4O3S/c1-26(2,33)19-35-20-6-7-21(22(18-20)30-12-10-27(8-9-27)11-13-30)25(32)29-23-4-3-5-24(28-23)31-14-16-34-17-15-31/h3-7,18,33H,8-17,19H2,1-2H3,(H,28,29,32). The highest BCUT2D eigenvalue weighted by Crippen LogP contribution is 2.54. The quantitative estimate of drug-likeness (QED) is 0.550. The molecular weight excluding hydrogens is 460 g/mol. The topological polar surface area (TPSA) is 77.9 Å². The van der Waals surface area contributed by atoms with E-state index in [1.54, 1.807) is 11.8 Å². The largest absolute Gasteiger partial charge is 0.390 e. The highest BCUT2D eigenvalue weighted by molar-refractivity contribution is 7.99. The Balaban J connectivity index is 1.36. The van der Waals surface area contributed by atoms with Crippen LogP contribution in [0.2, 0.25) is 0 Å². The lowest BCUT2D eigenvalue weighted by Gasteiger charge is -2.35. The monoisotopic (exact) mass is 496 g/mol. The molecule has 2 aromatic rings. The third-order valence-electron chi connectivity index (χ3n) is 7.24. The van der Waals surface area contributed by atoms with Gasteiger partial charge in [0.15, 0.2) is 0 Å². The number of carbonyl (C=O) groups is 1. The Morgan fingerprint density at radius 3 is 2.51 bits per heavy atom. The highest BCUT2D eigenvalue weighted by atomic mass is 32.2.